The maximum Gasteiger partial charge on any atom is 0.407 e. The highest BCUT2D eigenvalue weighted by Crippen LogP contribution is 2.44. The summed E-state index contributed by atoms with van der Waals surface area (Å²) in [5, 5.41) is 21.7. The van der Waals surface area contributed by atoms with Crippen LogP contribution in [-0.2, 0) is 19.1 Å². The molecule has 2 aliphatic rings. The van der Waals surface area contributed by atoms with Crippen molar-refractivity contribution in [2.24, 2.45) is 0 Å². The van der Waals surface area contributed by atoms with Gasteiger partial charge in [0.1, 0.15) is 18.8 Å². The number of likely N-dealkylation sites (tertiary alicyclic amines) is 1. The van der Waals surface area contributed by atoms with Crippen molar-refractivity contribution in [1.29, 1.82) is 0 Å². The van der Waals surface area contributed by atoms with Gasteiger partial charge in [-0.25, -0.2) is 9.59 Å². The van der Waals surface area contributed by atoms with E-state index in [1.165, 1.54) is 7.11 Å². The SMILES string of the molecule is COC(CCNC(=O)OCC1c2ccccc2-c2ccccc21)C(=O)N1CC(O)C[C@H]1C(=O)O. The van der Waals surface area contributed by atoms with Crippen molar-refractivity contribution in [3.63, 3.8) is 0 Å². The number of nitrogens with one attached hydrogen (secondary N) is 1. The number of carboxylic acid groups (broad SMARTS) is 1. The van der Waals surface area contributed by atoms with E-state index in [4.69, 9.17) is 9.47 Å². The molecule has 9 nitrogen and oxygen atoms in total. The summed E-state index contributed by atoms with van der Waals surface area (Å²) in [6, 6.07) is 15.0. The maximum atomic E-state index is 12.7. The molecule has 2 aromatic rings. The number of methoxy groups -OCH3 is 1. The Kier molecular flexibility index (Phi) is 7.14. The maximum absolute atomic E-state index is 12.7. The summed E-state index contributed by atoms with van der Waals surface area (Å²) in [7, 11) is 1.35. The fraction of sp³-hybridized carbons (Fsp3) is 0.400. The lowest BCUT2D eigenvalue weighted by Crippen LogP contribution is -2.47. The Morgan fingerprint density at radius 1 is 1.09 bits per heavy atom. The van der Waals surface area contributed by atoms with Gasteiger partial charge in [0.25, 0.3) is 5.91 Å². The number of rotatable bonds is 8. The van der Waals surface area contributed by atoms with Crippen LogP contribution in [0.2, 0.25) is 0 Å². The van der Waals surface area contributed by atoms with Crippen molar-refractivity contribution in [3.05, 3.63) is 59.7 Å². The van der Waals surface area contributed by atoms with E-state index in [0.29, 0.717) is 0 Å². The first-order valence-electron chi connectivity index (χ1n) is 11.2. The highest BCUT2D eigenvalue weighted by Gasteiger charge is 2.41. The average molecular weight is 469 g/mol. The normalized spacial score (nSPS) is 19.9. The van der Waals surface area contributed by atoms with Crippen molar-refractivity contribution in [2.45, 2.75) is 37.0 Å². The zero-order valence-corrected chi connectivity index (χ0v) is 18.8. The lowest BCUT2D eigenvalue weighted by atomic mass is 9.98. The number of alkyl carbamates (subject to hydrolysis) is 1. The monoisotopic (exact) mass is 468 g/mol. The van der Waals surface area contributed by atoms with Crippen LogP contribution in [0.4, 0.5) is 4.79 Å². The summed E-state index contributed by atoms with van der Waals surface area (Å²) in [5.41, 5.74) is 4.50. The van der Waals surface area contributed by atoms with E-state index in [1.807, 2.05) is 36.4 Å². The highest BCUT2D eigenvalue weighted by molar-refractivity contribution is 5.87. The number of aliphatic hydroxyl groups excluding tert-OH is 1. The Bertz CT molecular complexity index is 1030. The summed E-state index contributed by atoms with van der Waals surface area (Å²) < 4.78 is 10.7. The van der Waals surface area contributed by atoms with Crippen LogP contribution in [0.25, 0.3) is 11.1 Å². The molecule has 34 heavy (non-hydrogen) atoms. The average Bonchev–Trinajstić information content (AvgIpc) is 3.38. The number of β-amino-alcohol motifs (C(OH)–C–C–N with tert-alkyl or cyclic N) is 1. The van der Waals surface area contributed by atoms with E-state index in [1.54, 1.807) is 0 Å². The Morgan fingerprint density at radius 3 is 2.29 bits per heavy atom. The molecule has 0 spiro atoms. The van der Waals surface area contributed by atoms with Crippen molar-refractivity contribution in [3.8, 4) is 11.1 Å². The number of nitrogens with zero attached hydrogens (tertiary/aromatic N) is 1. The van der Waals surface area contributed by atoms with Gasteiger partial charge in [-0.2, -0.15) is 0 Å². The Hall–Kier alpha value is -3.43. The molecule has 1 aliphatic carbocycles. The summed E-state index contributed by atoms with van der Waals surface area (Å²) in [6.07, 6.45) is -2.32. The van der Waals surface area contributed by atoms with Crippen LogP contribution < -0.4 is 5.32 Å². The molecule has 1 heterocycles. The van der Waals surface area contributed by atoms with Gasteiger partial charge in [-0.15, -0.1) is 0 Å². The number of carbonyl (C=O) groups is 3. The fourth-order valence-corrected chi connectivity index (χ4v) is 4.77. The van der Waals surface area contributed by atoms with Gasteiger partial charge in [-0.05, 0) is 22.3 Å². The first kappa shape index (κ1) is 23.7. The minimum absolute atomic E-state index is 0.0183. The third-order valence-corrected chi connectivity index (χ3v) is 6.43. The largest absolute Gasteiger partial charge is 0.480 e. The second-order valence-corrected chi connectivity index (χ2v) is 8.50. The molecular weight excluding hydrogens is 440 g/mol. The standard InChI is InChI=1S/C25H28N2O7/c1-33-22(23(29)27-13-15(28)12-21(27)24(30)31)10-11-26-25(32)34-14-20-18-8-4-2-6-16(18)17-7-3-5-9-19(17)20/h2-9,15,20-22,28H,10-14H2,1H3,(H,26,32)(H,30,31)/t15?,21-,22?/m0/s1. The second-order valence-electron chi connectivity index (χ2n) is 8.50. The fourth-order valence-electron chi connectivity index (χ4n) is 4.77. The second kappa shape index (κ2) is 10.2. The summed E-state index contributed by atoms with van der Waals surface area (Å²) in [4.78, 5) is 37.6. The first-order valence-corrected chi connectivity index (χ1v) is 11.2. The topological polar surface area (TPSA) is 125 Å². The van der Waals surface area contributed by atoms with Crippen LogP contribution >= 0.6 is 0 Å². The summed E-state index contributed by atoms with van der Waals surface area (Å²) in [5.74, 6) is -1.75. The predicted octanol–water partition coefficient (Wildman–Crippen LogP) is 1.98. The zero-order chi connectivity index (χ0) is 24.2. The van der Waals surface area contributed by atoms with Crippen molar-refractivity contribution < 1.29 is 34.1 Å². The van der Waals surface area contributed by atoms with Gasteiger partial charge in [0, 0.05) is 39.0 Å². The molecule has 4 rings (SSSR count). The number of aliphatic carboxylic acids is 1. The van der Waals surface area contributed by atoms with E-state index < -0.39 is 36.2 Å². The number of ether oxygens (including phenoxy) is 2. The van der Waals surface area contributed by atoms with E-state index in [2.05, 4.69) is 17.4 Å². The molecule has 2 aromatic carbocycles. The summed E-state index contributed by atoms with van der Waals surface area (Å²) >= 11 is 0. The van der Waals surface area contributed by atoms with Gasteiger partial charge in [0.05, 0.1) is 6.10 Å². The van der Waals surface area contributed by atoms with E-state index >= 15 is 0 Å². The molecule has 2 unspecified atom stereocenters. The third-order valence-electron chi connectivity index (χ3n) is 6.43. The predicted molar refractivity (Wildman–Crippen MR) is 122 cm³/mol. The number of carboxylic acids is 1. The lowest BCUT2D eigenvalue weighted by molar-refractivity contribution is -0.153. The van der Waals surface area contributed by atoms with E-state index in [9.17, 15) is 24.6 Å². The Labute approximate surface area is 197 Å². The van der Waals surface area contributed by atoms with Crippen molar-refractivity contribution in [2.75, 3.05) is 26.8 Å². The van der Waals surface area contributed by atoms with Crippen LogP contribution in [0, 0.1) is 0 Å². The first-order chi connectivity index (χ1) is 16.4. The number of carbonyl (C=O) groups excluding carboxylic acids is 2. The molecule has 3 atom stereocenters. The molecule has 2 amide bonds. The Morgan fingerprint density at radius 2 is 1.71 bits per heavy atom. The van der Waals surface area contributed by atoms with Crippen molar-refractivity contribution >= 4 is 18.0 Å². The van der Waals surface area contributed by atoms with Crippen LogP contribution in [0.1, 0.15) is 29.9 Å². The molecule has 9 heteroatoms. The number of hydrogen-bond donors (Lipinski definition) is 3. The van der Waals surface area contributed by atoms with E-state index in [-0.39, 0.29) is 38.5 Å². The summed E-state index contributed by atoms with van der Waals surface area (Å²) in [6.45, 7) is 0.225. The van der Waals surface area contributed by atoms with Crippen LogP contribution in [0.5, 0.6) is 0 Å². The molecule has 180 valence electrons. The third kappa shape index (κ3) is 4.76. The smallest absolute Gasteiger partial charge is 0.407 e. The highest BCUT2D eigenvalue weighted by atomic mass is 16.5. The number of hydrogen-bond acceptors (Lipinski definition) is 6. The number of aliphatic hydroxyl groups is 1. The van der Waals surface area contributed by atoms with Gasteiger partial charge < -0.3 is 29.9 Å². The molecule has 3 N–H and O–H groups in total. The van der Waals surface area contributed by atoms with Gasteiger partial charge in [0.15, 0.2) is 0 Å². The minimum atomic E-state index is -1.17. The number of fused-ring (bicyclic) bond motifs is 3. The van der Waals surface area contributed by atoms with Gasteiger partial charge in [-0.1, -0.05) is 48.5 Å². The van der Waals surface area contributed by atoms with E-state index in [0.717, 1.165) is 27.2 Å². The molecule has 0 bridgehead atoms. The molecular formula is C25H28N2O7. The lowest BCUT2D eigenvalue weighted by Gasteiger charge is -2.25. The molecule has 0 saturated carbocycles. The van der Waals surface area contributed by atoms with Crippen molar-refractivity contribution in [1.82, 2.24) is 10.2 Å². The molecule has 1 fully saturated rings. The van der Waals surface area contributed by atoms with Gasteiger partial charge >= 0.3 is 12.1 Å². The van der Waals surface area contributed by atoms with Crippen LogP contribution in [-0.4, -0.2) is 78.1 Å². The Balaban J connectivity index is 1.29. The minimum Gasteiger partial charge on any atom is -0.480 e. The molecule has 1 saturated heterocycles. The quantitative estimate of drug-likeness (QED) is 0.541. The van der Waals surface area contributed by atoms with Crippen LogP contribution in [0.3, 0.4) is 0 Å². The molecule has 0 aromatic heterocycles. The van der Waals surface area contributed by atoms with Gasteiger partial charge in [-0.3, -0.25) is 4.79 Å². The van der Waals surface area contributed by atoms with Crippen LogP contribution in [0.15, 0.2) is 48.5 Å². The molecule has 0 radical (unpaired) electrons. The number of amides is 2. The molecule has 1 aliphatic heterocycles. The zero-order valence-electron chi connectivity index (χ0n) is 18.8. The number of benzene rings is 2. The van der Waals surface area contributed by atoms with Gasteiger partial charge in [0.2, 0.25) is 0 Å².